The van der Waals surface area contributed by atoms with E-state index in [0.717, 1.165) is 0 Å². The minimum absolute atomic E-state index is 0.0146. The highest BCUT2D eigenvalue weighted by Gasteiger charge is 2.45. The Labute approximate surface area is 101 Å². The van der Waals surface area contributed by atoms with E-state index < -0.39 is 9.84 Å². The van der Waals surface area contributed by atoms with Crippen LogP contribution >= 0.6 is 0 Å². The van der Waals surface area contributed by atoms with Gasteiger partial charge in [0.25, 0.3) is 0 Å². The van der Waals surface area contributed by atoms with Crippen LogP contribution in [-0.2, 0) is 14.6 Å². The fraction of sp³-hybridized carbons (Fsp3) is 0.900. The largest absolute Gasteiger partial charge is 0.395 e. The van der Waals surface area contributed by atoms with Crippen molar-refractivity contribution in [1.29, 1.82) is 0 Å². The van der Waals surface area contributed by atoms with Crippen molar-refractivity contribution in [3.8, 4) is 0 Å². The van der Waals surface area contributed by atoms with Crippen molar-refractivity contribution >= 4 is 15.7 Å². The van der Waals surface area contributed by atoms with Gasteiger partial charge in [-0.2, -0.15) is 0 Å². The first-order valence-corrected chi connectivity index (χ1v) is 7.64. The highest BCUT2D eigenvalue weighted by molar-refractivity contribution is 7.91. The molecule has 98 valence electrons. The van der Waals surface area contributed by atoms with Crippen molar-refractivity contribution in [2.45, 2.75) is 24.9 Å². The Morgan fingerprint density at radius 2 is 2.12 bits per heavy atom. The van der Waals surface area contributed by atoms with Crippen LogP contribution in [0, 0.1) is 5.92 Å². The Morgan fingerprint density at radius 1 is 1.47 bits per heavy atom. The monoisotopic (exact) mass is 262 g/mol. The molecule has 7 heteroatoms. The summed E-state index contributed by atoms with van der Waals surface area (Å²) in [4.78, 5) is 13.5. The normalized spacial score (nSPS) is 34.6. The van der Waals surface area contributed by atoms with Gasteiger partial charge in [0.2, 0.25) is 5.91 Å². The number of sulfone groups is 1. The molecule has 0 aromatic heterocycles. The average molecular weight is 262 g/mol. The summed E-state index contributed by atoms with van der Waals surface area (Å²) in [5.41, 5.74) is 5.63. The zero-order chi connectivity index (χ0) is 12.6. The van der Waals surface area contributed by atoms with Gasteiger partial charge in [-0.1, -0.05) is 0 Å². The van der Waals surface area contributed by atoms with E-state index in [-0.39, 0.29) is 48.6 Å². The number of amides is 1. The molecule has 3 N–H and O–H groups in total. The van der Waals surface area contributed by atoms with Crippen LogP contribution in [0.25, 0.3) is 0 Å². The Balaban J connectivity index is 2.04. The van der Waals surface area contributed by atoms with Gasteiger partial charge in [0, 0.05) is 18.6 Å². The maximum Gasteiger partial charge on any atom is 0.227 e. The first kappa shape index (κ1) is 12.8. The van der Waals surface area contributed by atoms with Crippen LogP contribution in [0.5, 0.6) is 0 Å². The lowest BCUT2D eigenvalue weighted by Gasteiger charge is -2.27. The number of aliphatic hydroxyl groups excluding tert-OH is 1. The summed E-state index contributed by atoms with van der Waals surface area (Å²) in [5, 5.41) is 8.97. The molecule has 3 atom stereocenters. The molecule has 1 saturated carbocycles. The molecular formula is C10H18N2O4S. The summed E-state index contributed by atoms with van der Waals surface area (Å²) in [5.74, 6) is -0.136. The van der Waals surface area contributed by atoms with E-state index in [4.69, 9.17) is 10.8 Å². The van der Waals surface area contributed by atoms with Crippen molar-refractivity contribution in [2.24, 2.45) is 11.7 Å². The summed E-state index contributed by atoms with van der Waals surface area (Å²) in [6.45, 7) is 0.0481. The van der Waals surface area contributed by atoms with Gasteiger partial charge in [-0.3, -0.25) is 4.79 Å². The lowest BCUT2D eigenvalue weighted by atomic mass is 10.2. The van der Waals surface area contributed by atoms with Crippen molar-refractivity contribution in [3.05, 3.63) is 0 Å². The SMILES string of the molecule is NC1CC1C(=O)N(CCO)C1CCS(=O)(=O)C1. The summed E-state index contributed by atoms with van der Waals surface area (Å²) < 4.78 is 22.8. The molecule has 1 aliphatic heterocycles. The van der Waals surface area contributed by atoms with Gasteiger partial charge in [-0.15, -0.1) is 0 Å². The number of carbonyl (C=O) groups excluding carboxylic acids is 1. The molecule has 17 heavy (non-hydrogen) atoms. The molecule has 2 aliphatic rings. The third-order valence-electron chi connectivity index (χ3n) is 3.43. The number of nitrogens with zero attached hydrogens (tertiary/aromatic N) is 1. The molecule has 1 heterocycles. The van der Waals surface area contributed by atoms with Gasteiger partial charge in [-0.25, -0.2) is 8.42 Å². The van der Waals surface area contributed by atoms with Crippen LogP contribution in [0.15, 0.2) is 0 Å². The average Bonchev–Trinajstić information content (AvgIpc) is 2.87. The Kier molecular flexibility index (Phi) is 3.42. The zero-order valence-corrected chi connectivity index (χ0v) is 10.4. The van der Waals surface area contributed by atoms with Crippen molar-refractivity contribution in [1.82, 2.24) is 4.90 Å². The third kappa shape index (κ3) is 2.78. The first-order chi connectivity index (χ1) is 7.94. The quantitative estimate of drug-likeness (QED) is 0.631. The van der Waals surface area contributed by atoms with E-state index in [1.54, 1.807) is 0 Å². The second-order valence-electron chi connectivity index (χ2n) is 4.82. The lowest BCUT2D eigenvalue weighted by Crippen LogP contribution is -2.44. The Morgan fingerprint density at radius 3 is 2.53 bits per heavy atom. The van der Waals surface area contributed by atoms with Crippen LogP contribution in [0.1, 0.15) is 12.8 Å². The van der Waals surface area contributed by atoms with Crippen molar-refractivity contribution in [2.75, 3.05) is 24.7 Å². The molecule has 3 unspecified atom stereocenters. The highest BCUT2D eigenvalue weighted by Crippen LogP contribution is 2.31. The molecule has 0 aromatic carbocycles. The van der Waals surface area contributed by atoms with Crippen molar-refractivity contribution in [3.63, 3.8) is 0 Å². The maximum atomic E-state index is 12.0. The van der Waals surface area contributed by atoms with E-state index in [0.29, 0.717) is 12.8 Å². The van der Waals surface area contributed by atoms with Crippen LogP contribution in [0.3, 0.4) is 0 Å². The zero-order valence-electron chi connectivity index (χ0n) is 9.58. The van der Waals surface area contributed by atoms with Crippen LogP contribution in [0.4, 0.5) is 0 Å². The Hall–Kier alpha value is -0.660. The van der Waals surface area contributed by atoms with Crippen LogP contribution < -0.4 is 5.73 Å². The second-order valence-corrected chi connectivity index (χ2v) is 7.05. The first-order valence-electron chi connectivity index (χ1n) is 5.82. The van der Waals surface area contributed by atoms with Gasteiger partial charge < -0.3 is 15.7 Å². The number of hydrogen-bond donors (Lipinski definition) is 2. The molecule has 1 saturated heterocycles. The fourth-order valence-electron chi connectivity index (χ4n) is 2.31. The maximum absolute atomic E-state index is 12.0. The minimum atomic E-state index is -3.02. The van der Waals surface area contributed by atoms with Gasteiger partial charge in [0.05, 0.1) is 24.0 Å². The molecule has 0 spiro atoms. The number of rotatable bonds is 4. The number of hydrogen-bond acceptors (Lipinski definition) is 5. The Bertz CT molecular complexity index is 409. The molecule has 0 bridgehead atoms. The number of carbonyl (C=O) groups is 1. The summed E-state index contributed by atoms with van der Waals surface area (Å²) in [6.07, 6.45) is 1.14. The molecular weight excluding hydrogens is 244 g/mol. The standard InChI is InChI=1S/C10H18N2O4S/c11-9-5-8(9)10(14)12(2-3-13)7-1-4-17(15,16)6-7/h7-9,13H,1-6,11H2. The predicted octanol–water partition coefficient (Wildman–Crippen LogP) is -1.66. The van der Waals surface area contributed by atoms with Gasteiger partial charge in [0.1, 0.15) is 0 Å². The molecule has 0 aromatic rings. The molecule has 6 nitrogen and oxygen atoms in total. The van der Waals surface area contributed by atoms with Crippen molar-refractivity contribution < 1.29 is 18.3 Å². The predicted molar refractivity (Wildman–Crippen MR) is 61.9 cm³/mol. The van der Waals surface area contributed by atoms with Gasteiger partial charge >= 0.3 is 0 Å². The molecule has 2 rings (SSSR count). The lowest BCUT2D eigenvalue weighted by molar-refractivity contribution is -0.135. The molecule has 2 fully saturated rings. The van der Waals surface area contributed by atoms with E-state index in [1.165, 1.54) is 4.90 Å². The van der Waals surface area contributed by atoms with E-state index in [1.807, 2.05) is 0 Å². The van der Waals surface area contributed by atoms with E-state index in [9.17, 15) is 13.2 Å². The van der Waals surface area contributed by atoms with Crippen LogP contribution in [-0.4, -0.2) is 61.1 Å². The van der Waals surface area contributed by atoms with Gasteiger partial charge in [0.15, 0.2) is 9.84 Å². The second kappa shape index (κ2) is 4.55. The topological polar surface area (TPSA) is 101 Å². The molecule has 1 aliphatic carbocycles. The van der Waals surface area contributed by atoms with Crippen LogP contribution in [0.2, 0.25) is 0 Å². The summed E-state index contributed by atoms with van der Waals surface area (Å²) >= 11 is 0. The van der Waals surface area contributed by atoms with E-state index in [2.05, 4.69) is 0 Å². The number of nitrogens with two attached hydrogens (primary N) is 1. The fourth-order valence-corrected chi connectivity index (χ4v) is 4.04. The minimum Gasteiger partial charge on any atom is -0.395 e. The van der Waals surface area contributed by atoms with E-state index >= 15 is 0 Å². The summed E-state index contributed by atoms with van der Waals surface area (Å²) in [6, 6.07) is -0.380. The smallest absolute Gasteiger partial charge is 0.227 e. The third-order valence-corrected chi connectivity index (χ3v) is 5.18. The number of aliphatic hydroxyl groups is 1. The van der Waals surface area contributed by atoms with Gasteiger partial charge in [-0.05, 0) is 12.8 Å². The summed E-state index contributed by atoms with van der Waals surface area (Å²) in [7, 11) is -3.02. The highest BCUT2D eigenvalue weighted by atomic mass is 32.2. The molecule has 1 amide bonds. The molecule has 0 radical (unpaired) electrons.